The molecule has 0 aromatic heterocycles. The normalized spacial score (nSPS) is 36.6. The monoisotopic (exact) mass is 191 g/mol. The molecule has 0 aromatic rings. The van der Waals surface area contributed by atoms with E-state index in [0.29, 0.717) is 13.1 Å². The Labute approximate surface area is 72.5 Å². The molecule has 0 aliphatic carbocycles. The van der Waals surface area contributed by atoms with E-state index in [1.54, 1.807) is 4.31 Å². The molecule has 2 aliphatic rings. The highest BCUT2D eigenvalue weighted by Crippen LogP contribution is 2.16. The van der Waals surface area contributed by atoms with E-state index in [1.807, 2.05) is 7.05 Å². The van der Waals surface area contributed by atoms with E-state index < -0.39 is 10.2 Å². The lowest BCUT2D eigenvalue weighted by molar-refractivity contribution is 0.177. The average molecular weight is 191 g/mol. The van der Waals surface area contributed by atoms with Gasteiger partial charge in [0.2, 0.25) is 0 Å². The van der Waals surface area contributed by atoms with E-state index in [9.17, 15) is 8.42 Å². The first-order valence-corrected chi connectivity index (χ1v) is 5.48. The van der Waals surface area contributed by atoms with Crippen LogP contribution in [0, 0.1) is 0 Å². The molecule has 2 aliphatic heterocycles. The molecule has 1 atom stereocenters. The summed E-state index contributed by atoms with van der Waals surface area (Å²) < 4.78 is 26.7. The van der Waals surface area contributed by atoms with Crippen molar-refractivity contribution in [2.45, 2.75) is 6.04 Å². The molecule has 2 saturated heterocycles. The van der Waals surface area contributed by atoms with Crippen LogP contribution in [0.3, 0.4) is 0 Å². The Morgan fingerprint density at radius 1 is 1.42 bits per heavy atom. The largest absolute Gasteiger partial charge is 0.303 e. The van der Waals surface area contributed by atoms with Crippen molar-refractivity contribution in [1.29, 1.82) is 0 Å². The predicted molar refractivity (Wildman–Crippen MR) is 44.9 cm³/mol. The van der Waals surface area contributed by atoms with Crippen LogP contribution < -0.4 is 4.72 Å². The first-order chi connectivity index (χ1) is 5.59. The molecule has 12 heavy (non-hydrogen) atoms. The summed E-state index contributed by atoms with van der Waals surface area (Å²) in [6, 6.07) is 0.147. The zero-order valence-electron chi connectivity index (χ0n) is 7.02. The number of hydrogen-bond acceptors (Lipinski definition) is 3. The van der Waals surface area contributed by atoms with E-state index in [2.05, 4.69) is 9.62 Å². The van der Waals surface area contributed by atoms with Crippen molar-refractivity contribution in [1.82, 2.24) is 13.9 Å². The quantitative estimate of drug-likeness (QED) is 0.504. The second kappa shape index (κ2) is 2.66. The number of nitrogens with zero attached hydrogens (tertiary/aromatic N) is 2. The highest BCUT2D eigenvalue weighted by atomic mass is 32.2. The van der Waals surface area contributed by atoms with Crippen molar-refractivity contribution >= 4 is 10.2 Å². The van der Waals surface area contributed by atoms with Crippen LogP contribution in [-0.4, -0.2) is 56.9 Å². The van der Waals surface area contributed by atoms with Gasteiger partial charge in [0.05, 0.1) is 6.04 Å². The molecule has 0 aromatic carbocycles. The molecule has 2 rings (SSSR count). The number of fused-ring (bicyclic) bond motifs is 1. The molecule has 1 unspecified atom stereocenters. The summed E-state index contributed by atoms with van der Waals surface area (Å²) in [7, 11) is -1.10. The maximum Gasteiger partial charge on any atom is 0.279 e. The molecule has 5 nitrogen and oxygen atoms in total. The smallest absolute Gasteiger partial charge is 0.279 e. The van der Waals surface area contributed by atoms with Gasteiger partial charge >= 0.3 is 0 Å². The molecule has 1 N–H and O–H groups in total. The third-order valence-electron chi connectivity index (χ3n) is 2.44. The number of nitrogens with one attached hydrogen (secondary N) is 1. The Hall–Kier alpha value is -0.170. The first kappa shape index (κ1) is 8.43. The van der Waals surface area contributed by atoms with Gasteiger partial charge in [-0.05, 0) is 7.05 Å². The van der Waals surface area contributed by atoms with Crippen LogP contribution in [-0.2, 0) is 10.2 Å². The fourth-order valence-electron chi connectivity index (χ4n) is 1.76. The van der Waals surface area contributed by atoms with E-state index in [-0.39, 0.29) is 6.04 Å². The maximum atomic E-state index is 11.3. The third kappa shape index (κ3) is 1.24. The molecular weight excluding hydrogens is 178 g/mol. The van der Waals surface area contributed by atoms with Crippen LogP contribution in [0.25, 0.3) is 0 Å². The van der Waals surface area contributed by atoms with E-state index in [4.69, 9.17) is 0 Å². The topological polar surface area (TPSA) is 52.6 Å². The number of hydrogen-bond donors (Lipinski definition) is 1. The van der Waals surface area contributed by atoms with Crippen LogP contribution in [0.4, 0.5) is 0 Å². The molecule has 0 amide bonds. The zero-order chi connectivity index (χ0) is 8.77. The average Bonchev–Trinajstić information content (AvgIpc) is 2.27. The second-order valence-electron chi connectivity index (χ2n) is 3.38. The fraction of sp³-hybridized carbons (Fsp3) is 1.00. The van der Waals surface area contributed by atoms with Crippen molar-refractivity contribution in [3.8, 4) is 0 Å². The minimum atomic E-state index is -3.11. The molecule has 2 fully saturated rings. The molecule has 2 heterocycles. The molecule has 0 bridgehead atoms. The lowest BCUT2D eigenvalue weighted by atomic mass is 10.2. The minimum absolute atomic E-state index is 0.147. The second-order valence-corrected chi connectivity index (χ2v) is 5.09. The zero-order valence-corrected chi connectivity index (χ0v) is 7.84. The lowest BCUT2D eigenvalue weighted by Gasteiger charge is -2.32. The van der Waals surface area contributed by atoms with Crippen LogP contribution in [0.15, 0.2) is 0 Å². The van der Waals surface area contributed by atoms with E-state index >= 15 is 0 Å². The van der Waals surface area contributed by atoms with Crippen molar-refractivity contribution < 1.29 is 8.42 Å². The third-order valence-corrected chi connectivity index (χ3v) is 4.07. The predicted octanol–water partition coefficient (Wildman–Crippen LogP) is -1.55. The molecule has 70 valence electrons. The van der Waals surface area contributed by atoms with Gasteiger partial charge < -0.3 is 4.90 Å². The van der Waals surface area contributed by atoms with Gasteiger partial charge in [0.15, 0.2) is 0 Å². The van der Waals surface area contributed by atoms with Crippen molar-refractivity contribution in [3.63, 3.8) is 0 Å². The van der Waals surface area contributed by atoms with Crippen LogP contribution >= 0.6 is 0 Å². The Morgan fingerprint density at radius 2 is 2.17 bits per heavy atom. The van der Waals surface area contributed by atoms with Gasteiger partial charge in [-0.2, -0.15) is 12.7 Å². The Balaban J connectivity index is 2.18. The Bertz CT molecular complexity index is 277. The van der Waals surface area contributed by atoms with Crippen LogP contribution in [0.1, 0.15) is 0 Å². The minimum Gasteiger partial charge on any atom is -0.303 e. The van der Waals surface area contributed by atoms with Crippen molar-refractivity contribution in [2.75, 3.05) is 33.2 Å². The summed E-state index contributed by atoms with van der Waals surface area (Å²) in [5, 5.41) is 0. The van der Waals surface area contributed by atoms with Gasteiger partial charge in [0.1, 0.15) is 0 Å². The summed E-state index contributed by atoms with van der Waals surface area (Å²) in [4.78, 5) is 2.16. The fourth-order valence-corrected chi connectivity index (χ4v) is 3.19. The molecule has 0 radical (unpaired) electrons. The summed E-state index contributed by atoms with van der Waals surface area (Å²) in [5.74, 6) is 0. The standard InChI is InChI=1S/C6H13N3O2S/c1-8-2-3-9-6(5-8)4-7-12(9,10)11/h6-7H,2-5H2,1H3. The molecule has 0 saturated carbocycles. The van der Waals surface area contributed by atoms with Gasteiger partial charge in [-0.25, -0.2) is 4.72 Å². The molecular formula is C6H13N3O2S. The van der Waals surface area contributed by atoms with E-state index in [1.165, 1.54) is 0 Å². The Morgan fingerprint density at radius 3 is 2.92 bits per heavy atom. The van der Waals surface area contributed by atoms with Crippen LogP contribution in [0.5, 0.6) is 0 Å². The molecule has 0 spiro atoms. The summed E-state index contributed by atoms with van der Waals surface area (Å²) in [5.41, 5.74) is 0. The van der Waals surface area contributed by atoms with Crippen molar-refractivity contribution in [2.24, 2.45) is 0 Å². The number of rotatable bonds is 0. The van der Waals surface area contributed by atoms with Gasteiger partial charge in [-0.15, -0.1) is 0 Å². The highest BCUT2D eigenvalue weighted by molar-refractivity contribution is 7.87. The van der Waals surface area contributed by atoms with E-state index in [0.717, 1.165) is 13.1 Å². The van der Waals surface area contributed by atoms with Crippen LogP contribution in [0.2, 0.25) is 0 Å². The van der Waals surface area contributed by atoms with Gasteiger partial charge in [-0.3, -0.25) is 0 Å². The number of likely N-dealkylation sites (N-methyl/N-ethyl adjacent to an activating group) is 1. The number of piperazine rings is 1. The van der Waals surface area contributed by atoms with Gasteiger partial charge in [0, 0.05) is 26.2 Å². The lowest BCUT2D eigenvalue weighted by Crippen LogP contribution is -2.50. The molecule has 6 heteroatoms. The summed E-state index contributed by atoms with van der Waals surface area (Å²) in [6.07, 6.45) is 0. The first-order valence-electron chi connectivity index (χ1n) is 4.04. The SMILES string of the molecule is CN1CCN2C(CNS2(=O)=O)C1. The maximum absolute atomic E-state index is 11.3. The Kier molecular flexibility index (Phi) is 1.87. The van der Waals surface area contributed by atoms with Crippen molar-refractivity contribution in [3.05, 3.63) is 0 Å². The summed E-state index contributed by atoms with van der Waals surface area (Å²) in [6.45, 7) is 2.85. The van der Waals surface area contributed by atoms with Gasteiger partial charge in [0.25, 0.3) is 10.2 Å². The highest BCUT2D eigenvalue weighted by Gasteiger charge is 2.39. The summed E-state index contributed by atoms with van der Waals surface area (Å²) >= 11 is 0. The van der Waals surface area contributed by atoms with Gasteiger partial charge in [-0.1, -0.05) is 0 Å².